The fraction of sp³-hybridized carbons (Fsp3) is 1.00. The summed E-state index contributed by atoms with van der Waals surface area (Å²) in [6.07, 6.45) is 3.60. The van der Waals surface area contributed by atoms with E-state index in [-0.39, 0.29) is 12.3 Å². The van der Waals surface area contributed by atoms with Gasteiger partial charge in [-0.15, -0.1) is 0 Å². The van der Waals surface area contributed by atoms with Crippen LogP contribution in [0.4, 0.5) is 0 Å². The second kappa shape index (κ2) is 6.26. The molecule has 0 saturated carbocycles. The molecule has 2 nitrogen and oxygen atoms in total. The molecule has 1 unspecified atom stereocenters. The molecule has 0 aromatic heterocycles. The molecule has 0 amide bonds. The normalized spacial score (nSPS) is 13.7. The van der Waals surface area contributed by atoms with Crippen molar-refractivity contribution in [2.45, 2.75) is 31.4 Å². The lowest BCUT2D eigenvalue weighted by atomic mass is 10.2. The van der Waals surface area contributed by atoms with E-state index in [1.807, 2.05) is 0 Å². The van der Waals surface area contributed by atoms with E-state index in [0.29, 0.717) is 0 Å². The van der Waals surface area contributed by atoms with Crippen molar-refractivity contribution in [1.82, 2.24) is 0 Å². The molecule has 0 aromatic carbocycles. The molecular formula is C6H13O2Si. The zero-order chi connectivity index (χ0) is 7.11. The van der Waals surface area contributed by atoms with E-state index in [9.17, 15) is 0 Å². The van der Waals surface area contributed by atoms with Gasteiger partial charge in [0.2, 0.25) is 0 Å². The van der Waals surface area contributed by atoms with Gasteiger partial charge in [0.05, 0.1) is 10.2 Å². The second-order valence-corrected chi connectivity index (χ2v) is 2.76. The van der Waals surface area contributed by atoms with Crippen molar-refractivity contribution < 1.29 is 10.2 Å². The van der Waals surface area contributed by atoms with Gasteiger partial charge in [0.15, 0.2) is 0 Å². The van der Waals surface area contributed by atoms with Gasteiger partial charge in [-0.1, -0.05) is 12.8 Å². The molecule has 0 aliphatic carbocycles. The van der Waals surface area contributed by atoms with Crippen LogP contribution in [0.1, 0.15) is 25.7 Å². The molecule has 0 spiro atoms. The minimum atomic E-state index is -0.372. The largest absolute Gasteiger partial charge is 0.397 e. The summed E-state index contributed by atoms with van der Waals surface area (Å²) in [5.41, 5.74) is -0.372. The molecule has 0 aliphatic rings. The van der Waals surface area contributed by atoms with Gasteiger partial charge in [0, 0.05) is 12.3 Å². The number of unbranched alkanes of at least 4 members (excludes halogenated alkanes) is 2. The first-order valence-electron chi connectivity index (χ1n) is 3.27. The van der Waals surface area contributed by atoms with E-state index in [4.69, 9.17) is 10.2 Å². The SMILES string of the molecule is OCCCCCC(O)[Si]. The molecular weight excluding hydrogens is 132 g/mol. The van der Waals surface area contributed by atoms with Crippen LogP contribution in [0.15, 0.2) is 0 Å². The Kier molecular flexibility index (Phi) is 6.35. The highest BCUT2D eigenvalue weighted by Gasteiger charge is 1.93. The molecule has 1 atom stereocenters. The van der Waals surface area contributed by atoms with Gasteiger partial charge < -0.3 is 10.2 Å². The van der Waals surface area contributed by atoms with Crippen molar-refractivity contribution in [2.75, 3.05) is 6.61 Å². The number of aliphatic hydroxyl groups excluding tert-OH is 2. The fourth-order valence-electron chi connectivity index (χ4n) is 0.626. The molecule has 0 aliphatic heterocycles. The van der Waals surface area contributed by atoms with Crippen molar-refractivity contribution in [3.8, 4) is 0 Å². The van der Waals surface area contributed by atoms with Crippen molar-refractivity contribution in [1.29, 1.82) is 0 Å². The summed E-state index contributed by atoms with van der Waals surface area (Å²) in [5, 5.41) is 17.1. The van der Waals surface area contributed by atoms with E-state index >= 15 is 0 Å². The number of rotatable bonds is 5. The third-order valence-electron chi connectivity index (χ3n) is 1.14. The standard InChI is InChI=1S/C6H13O2Si/c7-5-3-1-2-4-6(8)9/h6-8H,1-5H2. The summed E-state index contributed by atoms with van der Waals surface area (Å²) in [4.78, 5) is 0. The van der Waals surface area contributed by atoms with Crippen LogP contribution < -0.4 is 0 Å². The molecule has 0 saturated heterocycles. The molecule has 0 rings (SSSR count). The zero-order valence-corrected chi connectivity index (χ0v) is 6.51. The minimum Gasteiger partial charge on any atom is -0.397 e. The Morgan fingerprint density at radius 3 is 2.33 bits per heavy atom. The first-order valence-corrected chi connectivity index (χ1v) is 3.85. The average Bonchev–Trinajstić information content (AvgIpc) is 1.80. The van der Waals surface area contributed by atoms with Crippen LogP contribution in [0.5, 0.6) is 0 Å². The highest BCUT2D eigenvalue weighted by Crippen LogP contribution is 2.00. The summed E-state index contributed by atoms with van der Waals surface area (Å²) in [6, 6.07) is 0. The van der Waals surface area contributed by atoms with Crippen LogP contribution in [-0.4, -0.2) is 32.8 Å². The lowest BCUT2D eigenvalue weighted by Gasteiger charge is -2.00. The summed E-state index contributed by atoms with van der Waals surface area (Å²) in [7, 11) is 3.07. The van der Waals surface area contributed by atoms with E-state index in [1.54, 1.807) is 0 Å². The van der Waals surface area contributed by atoms with Crippen molar-refractivity contribution in [2.24, 2.45) is 0 Å². The zero-order valence-electron chi connectivity index (χ0n) is 5.51. The van der Waals surface area contributed by atoms with E-state index in [2.05, 4.69) is 10.2 Å². The maximum Gasteiger partial charge on any atom is 0.0653 e. The van der Waals surface area contributed by atoms with Crippen LogP contribution in [0.3, 0.4) is 0 Å². The summed E-state index contributed by atoms with van der Waals surface area (Å²) < 4.78 is 0. The molecule has 0 aromatic rings. The smallest absolute Gasteiger partial charge is 0.0653 e. The molecule has 53 valence electrons. The monoisotopic (exact) mass is 145 g/mol. The molecule has 0 heterocycles. The van der Waals surface area contributed by atoms with E-state index in [0.717, 1.165) is 25.7 Å². The van der Waals surface area contributed by atoms with Gasteiger partial charge in [-0.05, 0) is 12.8 Å². The first kappa shape index (κ1) is 9.14. The van der Waals surface area contributed by atoms with Crippen LogP contribution >= 0.6 is 0 Å². The lowest BCUT2D eigenvalue weighted by Crippen LogP contribution is -2.04. The minimum absolute atomic E-state index is 0.262. The Labute approximate surface area is 59.3 Å². The van der Waals surface area contributed by atoms with Crippen LogP contribution in [0.25, 0.3) is 0 Å². The molecule has 9 heavy (non-hydrogen) atoms. The maximum absolute atomic E-state index is 8.70. The Bertz CT molecular complexity index is 57.0. The summed E-state index contributed by atoms with van der Waals surface area (Å²) in [6.45, 7) is 0.262. The Morgan fingerprint density at radius 1 is 1.22 bits per heavy atom. The Hall–Kier alpha value is 0.137. The van der Waals surface area contributed by atoms with Gasteiger partial charge in [0.25, 0.3) is 0 Å². The highest BCUT2D eigenvalue weighted by atomic mass is 28.1. The van der Waals surface area contributed by atoms with E-state index < -0.39 is 0 Å². The number of aliphatic hydroxyl groups is 2. The van der Waals surface area contributed by atoms with Crippen molar-refractivity contribution in [3.05, 3.63) is 0 Å². The topological polar surface area (TPSA) is 40.5 Å². The van der Waals surface area contributed by atoms with Gasteiger partial charge >= 0.3 is 0 Å². The third-order valence-corrected chi connectivity index (χ3v) is 1.42. The van der Waals surface area contributed by atoms with Gasteiger partial charge in [-0.2, -0.15) is 0 Å². The molecule has 0 fully saturated rings. The van der Waals surface area contributed by atoms with Crippen LogP contribution in [0.2, 0.25) is 0 Å². The first-order chi connectivity index (χ1) is 4.27. The van der Waals surface area contributed by atoms with Crippen molar-refractivity contribution >= 4 is 10.2 Å². The second-order valence-electron chi connectivity index (χ2n) is 2.09. The summed E-state index contributed by atoms with van der Waals surface area (Å²) in [5.74, 6) is 0. The summed E-state index contributed by atoms with van der Waals surface area (Å²) >= 11 is 0. The van der Waals surface area contributed by atoms with Gasteiger partial charge in [-0.3, -0.25) is 0 Å². The molecule has 2 N–H and O–H groups in total. The maximum atomic E-state index is 8.70. The molecule has 3 heteroatoms. The Morgan fingerprint density at radius 2 is 1.89 bits per heavy atom. The molecule has 3 radical (unpaired) electrons. The predicted molar refractivity (Wildman–Crippen MR) is 37.3 cm³/mol. The highest BCUT2D eigenvalue weighted by molar-refractivity contribution is 6.10. The Balaban J connectivity index is 2.75. The van der Waals surface area contributed by atoms with Crippen LogP contribution in [0, 0.1) is 0 Å². The van der Waals surface area contributed by atoms with E-state index in [1.165, 1.54) is 0 Å². The van der Waals surface area contributed by atoms with Gasteiger partial charge in [0.1, 0.15) is 0 Å². The van der Waals surface area contributed by atoms with Crippen LogP contribution in [-0.2, 0) is 0 Å². The third kappa shape index (κ3) is 8.14. The van der Waals surface area contributed by atoms with Gasteiger partial charge in [-0.25, -0.2) is 0 Å². The number of hydrogen-bond acceptors (Lipinski definition) is 2. The fourth-order valence-corrected chi connectivity index (χ4v) is 0.830. The predicted octanol–water partition coefficient (Wildman–Crippen LogP) is 0.0260. The van der Waals surface area contributed by atoms with Crippen molar-refractivity contribution in [3.63, 3.8) is 0 Å². The molecule has 0 bridgehead atoms. The average molecular weight is 145 g/mol. The quantitative estimate of drug-likeness (QED) is 0.423. The lowest BCUT2D eigenvalue weighted by molar-refractivity contribution is 0.234. The number of hydrogen-bond donors (Lipinski definition) is 2.